The van der Waals surface area contributed by atoms with E-state index in [0.717, 1.165) is 25.4 Å². The van der Waals surface area contributed by atoms with Crippen LogP contribution in [0.4, 0.5) is 0 Å². The predicted octanol–water partition coefficient (Wildman–Crippen LogP) is 4.81. The second kappa shape index (κ2) is 7.42. The van der Waals surface area contributed by atoms with Crippen molar-refractivity contribution in [3.63, 3.8) is 0 Å². The molecule has 1 aliphatic rings. The molecule has 0 heterocycles. The second-order valence-corrected chi connectivity index (χ2v) is 6.22. The molecule has 1 atom stereocenters. The summed E-state index contributed by atoms with van der Waals surface area (Å²) in [5, 5.41) is 3.52. The molecule has 2 rings (SSSR count). The first kappa shape index (κ1) is 16.5. The molecular weight excluding hydrogens is 258 g/mol. The smallest absolute Gasteiger partial charge is 0.0870 e. The zero-order valence-corrected chi connectivity index (χ0v) is 14.1. The summed E-state index contributed by atoms with van der Waals surface area (Å²) in [5.41, 5.74) is 2.78. The number of ether oxygens (including phenoxy) is 1. The van der Waals surface area contributed by atoms with Crippen LogP contribution >= 0.6 is 0 Å². The van der Waals surface area contributed by atoms with E-state index in [1.165, 1.54) is 30.4 Å². The minimum atomic E-state index is -0.109. The quantitative estimate of drug-likeness (QED) is 0.741. The van der Waals surface area contributed by atoms with E-state index in [2.05, 4.69) is 57.4 Å². The summed E-state index contributed by atoms with van der Waals surface area (Å²) in [6, 6.07) is 9.43. The first-order valence-electron chi connectivity index (χ1n) is 8.61. The maximum absolute atomic E-state index is 6.21. The maximum atomic E-state index is 6.21. The van der Waals surface area contributed by atoms with Crippen LogP contribution in [0.3, 0.4) is 0 Å². The van der Waals surface area contributed by atoms with Crippen LogP contribution in [0.2, 0.25) is 0 Å². The molecule has 1 aromatic carbocycles. The topological polar surface area (TPSA) is 21.3 Å². The Morgan fingerprint density at radius 3 is 2.43 bits per heavy atom. The molecular formula is C19H31NO. The maximum Gasteiger partial charge on any atom is 0.0870 e. The predicted molar refractivity (Wildman–Crippen MR) is 89.8 cm³/mol. The highest BCUT2D eigenvalue weighted by Crippen LogP contribution is 2.39. The number of hydrogen-bond donors (Lipinski definition) is 1. The monoisotopic (exact) mass is 289 g/mol. The van der Waals surface area contributed by atoms with Crippen LogP contribution in [0, 0.1) is 0 Å². The molecule has 0 bridgehead atoms. The summed E-state index contributed by atoms with van der Waals surface area (Å²) in [6.07, 6.45) is 6.14. The summed E-state index contributed by atoms with van der Waals surface area (Å²) in [4.78, 5) is 0. The Balaban J connectivity index is 2.30. The molecule has 2 heteroatoms. The van der Waals surface area contributed by atoms with Gasteiger partial charge in [0.25, 0.3) is 0 Å². The molecule has 1 unspecified atom stereocenters. The van der Waals surface area contributed by atoms with Crippen LogP contribution in [-0.2, 0) is 4.74 Å². The van der Waals surface area contributed by atoms with Gasteiger partial charge in [0, 0.05) is 6.61 Å². The number of likely N-dealkylation sites (N-methyl/N-ethyl adjacent to an activating group) is 1. The van der Waals surface area contributed by atoms with Crippen LogP contribution in [0.1, 0.15) is 76.0 Å². The van der Waals surface area contributed by atoms with Gasteiger partial charge in [-0.25, -0.2) is 0 Å². The average molecular weight is 289 g/mol. The average Bonchev–Trinajstić information content (AvgIpc) is 2.45. The van der Waals surface area contributed by atoms with E-state index in [1.807, 2.05) is 0 Å². The summed E-state index contributed by atoms with van der Waals surface area (Å²) >= 11 is 0. The van der Waals surface area contributed by atoms with Crippen molar-refractivity contribution in [3.8, 4) is 0 Å². The summed E-state index contributed by atoms with van der Waals surface area (Å²) in [6.45, 7) is 7.33. The molecule has 1 N–H and O–H groups in total. The fourth-order valence-corrected chi connectivity index (χ4v) is 3.70. The van der Waals surface area contributed by atoms with Gasteiger partial charge in [0.1, 0.15) is 0 Å². The van der Waals surface area contributed by atoms with Crippen LogP contribution in [0.5, 0.6) is 0 Å². The molecule has 21 heavy (non-hydrogen) atoms. The van der Waals surface area contributed by atoms with Crippen molar-refractivity contribution in [2.75, 3.05) is 13.7 Å². The van der Waals surface area contributed by atoms with Crippen molar-refractivity contribution >= 4 is 0 Å². The zero-order chi connectivity index (χ0) is 15.3. The Morgan fingerprint density at radius 1 is 1.24 bits per heavy atom. The molecule has 1 fully saturated rings. The summed E-state index contributed by atoms with van der Waals surface area (Å²) in [5.74, 6) is 0.784. The Kier molecular flexibility index (Phi) is 5.83. The molecule has 0 aromatic heterocycles. The standard InChI is InChI=1S/C19H31NO/c1-5-19(6-2,21-7-3)18(20-4)17-13-9-12-16(14-17)15-10-8-11-15/h9,12-15,18,20H,5-8,10-11H2,1-4H3. The fourth-order valence-electron chi connectivity index (χ4n) is 3.70. The molecule has 0 radical (unpaired) electrons. The van der Waals surface area contributed by atoms with Gasteiger partial charge in [-0.3, -0.25) is 0 Å². The van der Waals surface area contributed by atoms with Crippen LogP contribution in [-0.4, -0.2) is 19.3 Å². The van der Waals surface area contributed by atoms with Gasteiger partial charge in [-0.05, 0) is 56.7 Å². The minimum absolute atomic E-state index is 0.109. The SMILES string of the molecule is CCOC(CC)(CC)C(NC)c1cccc(C2CCC2)c1. The van der Waals surface area contributed by atoms with Crippen LogP contribution in [0.25, 0.3) is 0 Å². The van der Waals surface area contributed by atoms with Crippen LogP contribution in [0.15, 0.2) is 24.3 Å². The third-order valence-electron chi connectivity index (χ3n) is 5.26. The van der Waals surface area contributed by atoms with Gasteiger partial charge >= 0.3 is 0 Å². The van der Waals surface area contributed by atoms with Gasteiger partial charge in [0.15, 0.2) is 0 Å². The highest BCUT2D eigenvalue weighted by Gasteiger charge is 2.37. The van der Waals surface area contributed by atoms with Gasteiger partial charge in [0.2, 0.25) is 0 Å². The van der Waals surface area contributed by atoms with E-state index < -0.39 is 0 Å². The lowest BCUT2D eigenvalue weighted by Crippen LogP contribution is -2.44. The number of nitrogens with one attached hydrogen (secondary N) is 1. The first-order valence-corrected chi connectivity index (χ1v) is 8.61. The third-order valence-corrected chi connectivity index (χ3v) is 5.26. The van der Waals surface area contributed by atoms with Crippen molar-refractivity contribution in [1.29, 1.82) is 0 Å². The minimum Gasteiger partial charge on any atom is -0.373 e. The van der Waals surface area contributed by atoms with E-state index in [1.54, 1.807) is 0 Å². The van der Waals surface area contributed by atoms with Crippen molar-refractivity contribution in [1.82, 2.24) is 5.32 Å². The summed E-state index contributed by atoms with van der Waals surface area (Å²) < 4.78 is 6.21. The lowest BCUT2D eigenvalue weighted by atomic mass is 9.78. The van der Waals surface area contributed by atoms with Crippen molar-refractivity contribution in [3.05, 3.63) is 35.4 Å². The third kappa shape index (κ3) is 3.32. The molecule has 0 aliphatic heterocycles. The number of benzene rings is 1. The lowest BCUT2D eigenvalue weighted by molar-refractivity contribution is -0.0718. The normalized spacial score (nSPS) is 17.5. The highest BCUT2D eigenvalue weighted by molar-refractivity contribution is 5.31. The Bertz CT molecular complexity index is 435. The molecule has 118 valence electrons. The summed E-state index contributed by atoms with van der Waals surface area (Å²) in [7, 11) is 2.06. The molecule has 1 aromatic rings. The lowest BCUT2D eigenvalue weighted by Gasteiger charge is -2.40. The molecule has 0 spiro atoms. The van der Waals surface area contributed by atoms with E-state index in [-0.39, 0.29) is 11.6 Å². The van der Waals surface area contributed by atoms with Crippen LogP contribution < -0.4 is 5.32 Å². The first-order chi connectivity index (χ1) is 10.2. The number of hydrogen-bond acceptors (Lipinski definition) is 2. The second-order valence-electron chi connectivity index (χ2n) is 6.22. The fraction of sp³-hybridized carbons (Fsp3) is 0.684. The van der Waals surface area contributed by atoms with Gasteiger partial charge in [-0.2, -0.15) is 0 Å². The number of rotatable bonds is 8. The van der Waals surface area contributed by atoms with Gasteiger partial charge < -0.3 is 10.1 Å². The van der Waals surface area contributed by atoms with E-state index in [0.29, 0.717) is 0 Å². The molecule has 2 nitrogen and oxygen atoms in total. The van der Waals surface area contributed by atoms with Gasteiger partial charge in [0.05, 0.1) is 11.6 Å². The largest absolute Gasteiger partial charge is 0.373 e. The molecule has 0 amide bonds. The van der Waals surface area contributed by atoms with Gasteiger partial charge in [-0.1, -0.05) is 44.5 Å². The van der Waals surface area contributed by atoms with Gasteiger partial charge in [-0.15, -0.1) is 0 Å². The Hall–Kier alpha value is -0.860. The Labute approximate surface area is 130 Å². The molecule has 0 saturated heterocycles. The van der Waals surface area contributed by atoms with E-state index >= 15 is 0 Å². The highest BCUT2D eigenvalue weighted by atomic mass is 16.5. The zero-order valence-electron chi connectivity index (χ0n) is 14.1. The molecule has 1 aliphatic carbocycles. The molecule has 1 saturated carbocycles. The van der Waals surface area contributed by atoms with Crippen molar-refractivity contribution in [2.45, 2.75) is 70.4 Å². The van der Waals surface area contributed by atoms with E-state index in [4.69, 9.17) is 4.74 Å². The van der Waals surface area contributed by atoms with Crippen molar-refractivity contribution < 1.29 is 4.74 Å². The van der Waals surface area contributed by atoms with E-state index in [9.17, 15) is 0 Å². The Morgan fingerprint density at radius 2 is 1.95 bits per heavy atom. The van der Waals surface area contributed by atoms with Crippen molar-refractivity contribution in [2.24, 2.45) is 0 Å².